The molecule has 144 valence electrons. The van der Waals surface area contributed by atoms with Crippen LogP contribution in [0, 0.1) is 5.82 Å². The van der Waals surface area contributed by atoms with Crippen molar-refractivity contribution in [3.05, 3.63) is 66.4 Å². The number of para-hydroxylation sites is 2. The highest BCUT2D eigenvalue weighted by Gasteiger charge is 2.29. The van der Waals surface area contributed by atoms with Gasteiger partial charge in [-0.2, -0.15) is 0 Å². The summed E-state index contributed by atoms with van der Waals surface area (Å²) in [6.07, 6.45) is 3.94. The second-order valence-corrected chi connectivity index (χ2v) is 6.80. The van der Waals surface area contributed by atoms with Crippen molar-refractivity contribution in [2.45, 2.75) is 32.9 Å². The van der Waals surface area contributed by atoms with E-state index in [1.54, 1.807) is 12.1 Å². The summed E-state index contributed by atoms with van der Waals surface area (Å²) in [6.45, 7) is 3.58. The van der Waals surface area contributed by atoms with Gasteiger partial charge in [0.15, 0.2) is 12.2 Å². The second kappa shape index (κ2) is 7.84. The monoisotopic (exact) mass is 380 g/mol. The lowest BCUT2D eigenvalue weighted by atomic mass is 10.1. The Bertz CT molecular complexity index is 996. The van der Waals surface area contributed by atoms with Crippen molar-refractivity contribution < 1.29 is 18.5 Å². The molecule has 0 saturated heterocycles. The van der Waals surface area contributed by atoms with Crippen molar-refractivity contribution in [3.8, 4) is 17.0 Å². The van der Waals surface area contributed by atoms with E-state index in [0.29, 0.717) is 18.0 Å². The topological polar surface area (TPSA) is 47.1 Å². The van der Waals surface area contributed by atoms with E-state index >= 15 is 0 Å². The Labute approximate surface area is 163 Å². The van der Waals surface area contributed by atoms with Crippen LogP contribution in [0.2, 0.25) is 0 Å². The van der Waals surface area contributed by atoms with E-state index in [1.165, 1.54) is 12.1 Å². The van der Waals surface area contributed by atoms with Gasteiger partial charge in [0.1, 0.15) is 17.8 Å². The zero-order chi connectivity index (χ0) is 19.5. The molecule has 0 spiro atoms. The van der Waals surface area contributed by atoms with Gasteiger partial charge in [-0.1, -0.05) is 12.1 Å². The number of anilines is 1. The van der Waals surface area contributed by atoms with Crippen molar-refractivity contribution in [2.24, 2.45) is 0 Å². The number of rotatable bonds is 6. The smallest absolute Gasteiger partial charge is 0.266 e. The third-order valence-corrected chi connectivity index (χ3v) is 4.91. The number of carbonyl (C=O) groups excluding carboxylic acids is 1. The molecule has 0 atom stereocenters. The summed E-state index contributed by atoms with van der Waals surface area (Å²) in [5.41, 5.74) is 2.63. The largest absolute Gasteiger partial charge is 0.492 e. The Hall–Kier alpha value is -3.15. The molecule has 4 rings (SSSR count). The number of nitrogens with one attached hydrogen (secondary N) is 1. The number of aromatic nitrogens is 2. The molecule has 3 aromatic rings. The van der Waals surface area contributed by atoms with E-state index in [9.17, 15) is 9.18 Å². The van der Waals surface area contributed by atoms with Crippen LogP contribution in [0.25, 0.3) is 11.3 Å². The van der Waals surface area contributed by atoms with Gasteiger partial charge in [0, 0.05) is 5.56 Å². The second-order valence-electron chi connectivity index (χ2n) is 6.80. The first-order valence-electron chi connectivity index (χ1n) is 9.55. The van der Waals surface area contributed by atoms with E-state index in [1.807, 2.05) is 42.0 Å². The molecular formula is C22H23FN3O2+. The number of benzene rings is 2. The highest BCUT2D eigenvalue weighted by molar-refractivity contribution is 5.91. The van der Waals surface area contributed by atoms with Gasteiger partial charge in [-0.3, -0.25) is 4.79 Å². The Kier molecular flexibility index (Phi) is 5.10. The van der Waals surface area contributed by atoms with E-state index < -0.39 is 0 Å². The Morgan fingerprint density at radius 2 is 2.00 bits per heavy atom. The molecule has 1 aliphatic rings. The predicted octanol–water partition coefficient (Wildman–Crippen LogP) is 3.57. The number of nitrogens with zero attached hydrogens (tertiary/aromatic N) is 2. The van der Waals surface area contributed by atoms with Gasteiger partial charge in [0.05, 0.1) is 25.3 Å². The van der Waals surface area contributed by atoms with Crippen LogP contribution in [0.3, 0.4) is 0 Å². The van der Waals surface area contributed by atoms with Gasteiger partial charge in [0.2, 0.25) is 0 Å². The zero-order valence-corrected chi connectivity index (χ0v) is 15.8. The molecule has 1 N–H and O–H groups in total. The highest BCUT2D eigenvalue weighted by atomic mass is 19.1. The van der Waals surface area contributed by atoms with Crippen molar-refractivity contribution >= 4 is 11.6 Å². The van der Waals surface area contributed by atoms with Crippen LogP contribution in [0.1, 0.15) is 19.2 Å². The molecular weight excluding hydrogens is 357 g/mol. The molecule has 0 unspecified atom stereocenters. The Morgan fingerprint density at radius 1 is 1.21 bits per heavy atom. The molecule has 1 aromatic heterocycles. The van der Waals surface area contributed by atoms with Crippen LogP contribution in [-0.4, -0.2) is 17.1 Å². The first-order chi connectivity index (χ1) is 13.7. The first-order valence-corrected chi connectivity index (χ1v) is 9.55. The zero-order valence-electron chi connectivity index (χ0n) is 15.8. The molecule has 2 aromatic carbocycles. The minimum Gasteiger partial charge on any atom is -0.492 e. The van der Waals surface area contributed by atoms with Crippen molar-refractivity contribution in [2.75, 3.05) is 11.9 Å². The molecule has 0 bridgehead atoms. The van der Waals surface area contributed by atoms with Crippen LogP contribution < -0.4 is 14.6 Å². The summed E-state index contributed by atoms with van der Waals surface area (Å²) in [4.78, 5) is 12.7. The Balaban J connectivity index is 1.56. The van der Waals surface area contributed by atoms with Crippen LogP contribution in [0.15, 0.2) is 54.7 Å². The van der Waals surface area contributed by atoms with Gasteiger partial charge in [0.25, 0.3) is 11.7 Å². The fourth-order valence-electron chi connectivity index (χ4n) is 3.69. The van der Waals surface area contributed by atoms with E-state index in [0.717, 1.165) is 36.5 Å². The van der Waals surface area contributed by atoms with Crippen LogP contribution in [-0.2, 0) is 24.3 Å². The molecule has 6 heteroatoms. The maximum atomic E-state index is 13.3. The van der Waals surface area contributed by atoms with Gasteiger partial charge in [-0.05, 0) is 49.7 Å². The summed E-state index contributed by atoms with van der Waals surface area (Å²) in [7, 11) is 0. The average Bonchev–Trinajstić information content (AvgIpc) is 3.28. The lowest BCUT2D eigenvalue weighted by molar-refractivity contribution is -0.690. The molecule has 0 fully saturated rings. The van der Waals surface area contributed by atoms with Gasteiger partial charge < -0.3 is 10.1 Å². The summed E-state index contributed by atoms with van der Waals surface area (Å²) >= 11 is 0. The molecule has 1 amide bonds. The lowest BCUT2D eigenvalue weighted by Crippen LogP contribution is -2.42. The molecule has 0 saturated carbocycles. The molecule has 0 aliphatic carbocycles. The molecule has 28 heavy (non-hydrogen) atoms. The minimum absolute atomic E-state index is 0.108. The first kappa shape index (κ1) is 18.2. The maximum absolute atomic E-state index is 13.3. The predicted molar refractivity (Wildman–Crippen MR) is 105 cm³/mol. The number of fused-ring (bicyclic) bond motifs is 1. The fourth-order valence-corrected chi connectivity index (χ4v) is 3.69. The highest BCUT2D eigenvalue weighted by Crippen LogP contribution is 2.26. The van der Waals surface area contributed by atoms with Crippen LogP contribution in [0.4, 0.5) is 10.1 Å². The van der Waals surface area contributed by atoms with Gasteiger partial charge in [-0.15, -0.1) is 0 Å². The molecule has 1 aliphatic heterocycles. The quantitative estimate of drug-likeness (QED) is 0.665. The number of hydrogen-bond acceptors (Lipinski definition) is 2. The molecule has 5 nitrogen and oxygen atoms in total. The number of amides is 1. The third kappa shape index (κ3) is 3.63. The summed E-state index contributed by atoms with van der Waals surface area (Å²) in [5.74, 6) is 1.42. The lowest BCUT2D eigenvalue weighted by Gasteiger charge is -2.10. The van der Waals surface area contributed by atoms with Crippen LogP contribution >= 0.6 is 0 Å². The summed E-state index contributed by atoms with van der Waals surface area (Å²) in [6, 6.07) is 13.9. The van der Waals surface area contributed by atoms with Gasteiger partial charge >= 0.3 is 0 Å². The number of ether oxygens (including phenoxy) is 1. The fraction of sp³-hybridized carbons (Fsp3) is 0.273. The van der Waals surface area contributed by atoms with E-state index in [-0.39, 0.29) is 18.3 Å². The summed E-state index contributed by atoms with van der Waals surface area (Å²) in [5, 5.41) is 2.95. The molecule has 0 radical (unpaired) electrons. The maximum Gasteiger partial charge on any atom is 0.266 e. The van der Waals surface area contributed by atoms with E-state index in [2.05, 4.69) is 9.88 Å². The third-order valence-electron chi connectivity index (χ3n) is 4.91. The van der Waals surface area contributed by atoms with Crippen molar-refractivity contribution in [1.29, 1.82) is 0 Å². The average molecular weight is 380 g/mol. The summed E-state index contributed by atoms with van der Waals surface area (Å²) < 4.78 is 23.1. The number of halogens is 1. The normalized spacial score (nSPS) is 12.6. The van der Waals surface area contributed by atoms with Crippen LogP contribution in [0.5, 0.6) is 5.75 Å². The van der Waals surface area contributed by atoms with Crippen molar-refractivity contribution in [1.82, 2.24) is 4.57 Å². The standard InChI is InChI=1S/C22H22FN3O2/c1-2-28-20-7-4-3-6-18(20)24-21(27)15-25-14-19(26-13-5-8-22(25)26)16-9-11-17(23)12-10-16/h3-4,6-7,9-12,14H,2,5,8,13,15H2,1H3/p+1. The van der Waals surface area contributed by atoms with Crippen molar-refractivity contribution in [3.63, 3.8) is 0 Å². The minimum atomic E-state index is -0.253. The van der Waals surface area contributed by atoms with Gasteiger partial charge in [-0.25, -0.2) is 13.5 Å². The molecule has 2 heterocycles. The number of imidazole rings is 1. The Morgan fingerprint density at radius 3 is 2.79 bits per heavy atom. The SMILES string of the molecule is CCOc1ccccc1NC(=O)C[n+]1cc(-c2ccc(F)cc2)n2c1CCC2. The number of hydrogen-bond donors (Lipinski definition) is 1. The van der Waals surface area contributed by atoms with E-state index in [4.69, 9.17) is 4.74 Å². The number of carbonyl (C=O) groups is 1.